The first-order valence-corrected chi connectivity index (χ1v) is 7.26. The van der Waals surface area contributed by atoms with Crippen LogP contribution in [0.15, 0.2) is 28.5 Å². The predicted octanol–water partition coefficient (Wildman–Crippen LogP) is 2.46. The van der Waals surface area contributed by atoms with Gasteiger partial charge in [-0.15, -0.1) is 23.1 Å². The van der Waals surface area contributed by atoms with Crippen LogP contribution in [-0.4, -0.2) is 23.7 Å². The largest absolute Gasteiger partial charge is 0.375 e. The van der Waals surface area contributed by atoms with Gasteiger partial charge in [0.1, 0.15) is 0 Å². The predicted molar refractivity (Wildman–Crippen MR) is 76.1 cm³/mol. The lowest BCUT2D eigenvalue weighted by Crippen LogP contribution is -2.31. The molecule has 1 aromatic carbocycles. The Balaban J connectivity index is 2.07. The number of benzene rings is 1. The number of nitrogens with two attached hydrogens (primary N) is 1. The standard InChI is InChI=1S/C12H11N3OS2/c1-15-9-4-7(8-5-18-12(13)14-8)2-3-10(9)17-6-11(15)16/h2-5H,6H2,1H3,(H2,13,14). The van der Waals surface area contributed by atoms with Gasteiger partial charge in [0.05, 0.1) is 17.1 Å². The average Bonchev–Trinajstić information content (AvgIpc) is 2.80. The molecule has 2 aromatic rings. The summed E-state index contributed by atoms with van der Waals surface area (Å²) in [7, 11) is 1.81. The highest BCUT2D eigenvalue weighted by Gasteiger charge is 2.21. The summed E-state index contributed by atoms with van der Waals surface area (Å²) in [6.45, 7) is 0. The lowest BCUT2D eigenvalue weighted by molar-refractivity contribution is -0.116. The Morgan fingerprint density at radius 2 is 2.28 bits per heavy atom. The molecule has 92 valence electrons. The lowest BCUT2D eigenvalue weighted by atomic mass is 10.1. The van der Waals surface area contributed by atoms with E-state index < -0.39 is 0 Å². The molecule has 0 unspecified atom stereocenters. The Kier molecular flexibility index (Phi) is 2.76. The van der Waals surface area contributed by atoms with E-state index in [9.17, 15) is 4.79 Å². The van der Waals surface area contributed by atoms with Crippen LogP contribution in [0, 0.1) is 0 Å². The molecule has 0 saturated carbocycles. The molecule has 0 atom stereocenters. The third kappa shape index (κ3) is 1.87. The van der Waals surface area contributed by atoms with E-state index in [1.165, 1.54) is 11.3 Å². The Hall–Kier alpha value is -1.53. The van der Waals surface area contributed by atoms with Gasteiger partial charge in [-0.05, 0) is 12.1 Å². The van der Waals surface area contributed by atoms with Crippen molar-refractivity contribution in [1.82, 2.24) is 4.98 Å². The van der Waals surface area contributed by atoms with Gasteiger partial charge in [-0.3, -0.25) is 4.79 Å². The normalized spacial score (nSPS) is 14.7. The number of carbonyl (C=O) groups is 1. The summed E-state index contributed by atoms with van der Waals surface area (Å²) >= 11 is 2.99. The van der Waals surface area contributed by atoms with Gasteiger partial charge in [-0.2, -0.15) is 0 Å². The molecule has 0 radical (unpaired) electrons. The van der Waals surface area contributed by atoms with Crippen LogP contribution in [0.3, 0.4) is 0 Å². The van der Waals surface area contributed by atoms with E-state index in [1.54, 1.807) is 23.7 Å². The molecule has 6 heteroatoms. The van der Waals surface area contributed by atoms with Gasteiger partial charge in [0.25, 0.3) is 0 Å². The van der Waals surface area contributed by atoms with E-state index in [4.69, 9.17) is 5.73 Å². The summed E-state index contributed by atoms with van der Waals surface area (Å²) in [6, 6.07) is 6.05. The maximum atomic E-state index is 11.7. The number of fused-ring (bicyclic) bond motifs is 1. The zero-order chi connectivity index (χ0) is 12.7. The van der Waals surface area contributed by atoms with Crippen molar-refractivity contribution in [1.29, 1.82) is 0 Å². The van der Waals surface area contributed by atoms with Crippen LogP contribution in [0.4, 0.5) is 10.8 Å². The van der Waals surface area contributed by atoms with Gasteiger partial charge in [0, 0.05) is 22.9 Å². The Morgan fingerprint density at radius 1 is 1.44 bits per heavy atom. The highest BCUT2D eigenvalue weighted by molar-refractivity contribution is 8.00. The molecular weight excluding hydrogens is 266 g/mol. The SMILES string of the molecule is CN1C(=O)CSc2ccc(-c3csc(N)n3)cc21. The minimum atomic E-state index is 0.127. The average molecular weight is 277 g/mol. The summed E-state index contributed by atoms with van der Waals surface area (Å²) in [5, 5.41) is 2.48. The van der Waals surface area contributed by atoms with Crippen molar-refractivity contribution in [2.24, 2.45) is 0 Å². The van der Waals surface area contributed by atoms with Gasteiger partial charge in [-0.25, -0.2) is 4.98 Å². The van der Waals surface area contributed by atoms with Crippen LogP contribution in [0.2, 0.25) is 0 Å². The first-order valence-electron chi connectivity index (χ1n) is 5.40. The van der Waals surface area contributed by atoms with Crippen molar-refractivity contribution in [3.8, 4) is 11.3 Å². The number of thioether (sulfide) groups is 1. The van der Waals surface area contributed by atoms with E-state index in [0.717, 1.165) is 21.8 Å². The molecule has 0 fully saturated rings. The molecule has 0 aliphatic carbocycles. The number of hydrogen-bond donors (Lipinski definition) is 1. The number of thiazole rings is 1. The van der Waals surface area contributed by atoms with Gasteiger partial charge >= 0.3 is 0 Å². The summed E-state index contributed by atoms with van der Waals surface area (Å²) < 4.78 is 0. The molecule has 18 heavy (non-hydrogen) atoms. The third-order valence-corrected chi connectivity index (χ3v) is 4.58. The first kappa shape index (κ1) is 11.6. The zero-order valence-corrected chi connectivity index (χ0v) is 11.3. The number of carbonyl (C=O) groups excluding carboxylic acids is 1. The Labute approximate surface area is 113 Å². The molecule has 2 N–H and O–H groups in total. The molecule has 0 bridgehead atoms. The van der Waals surface area contributed by atoms with Crippen LogP contribution < -0.4 is 10.6 Å². The van der Waals surface area contributed by atoms with Crippen LogP contribution in [0.1, 0.15) is 0 Å². The van der Waals surface area contributed by atoms with Gasteiger partial charge in [0.15, 0.2) is 5.13 Å². The molecule has 3 rings (SSSR count). The minimum Gasteiger partial charge on any atom is -0.375 e. The molecule has 0 spiro atoms. The molecule has 4 nitrogen and oxygen atoms in total. The summed E-state index contributed by atoms with van der Waals surface area (Å²) in [4.78, 5) is 18.8. The number of nitrogen functional groups attached to an aromatic ring is 1. The maximum Gasteiger partial charge on any atom is 0.237 e. The number of rotatable bonds is 1. The molecule has 1 aliphatic rings. The van der Waals surface area contributed by atoms with Crippen molar-refractivity contribution in [2.45, 2.75) is 4.90 Å². The summed E-state index contributed by atoms with van der Waals surface area (Å²) in [6.07, 6.45) is 0. The molecule has 0 saturated heterocycles. The van der Waals surface area contributed by atoms with Crippen molar-refractivity contribution >= 4 is 39.8 Å². The van der Waals surface area contributed by atoms with Crippen molar-refractivity contribution in [3.63, 3.8) is 0 Å². The fourth-order valence-corrected chi connectivity index (χ4v) is 3.40. The third-order valence-electron chi connectivity index (χ3n) is 2.86. The molecule has 2 heterocycles. The van der Waals surface area contributed by atoms with Crippen LogP contribution in [0.25, 0.3) is 11.3 Å². The van der Waals surface area contributed by atoms with Gasteiger partial charge < -0.3 is 10.6 Å². The quantitative estimate of drug-likeness (QED) is 0.870. The second-order valence-electron chi connectivity index (χ2n) is 3.99. The van der Waals surface area contributed by atoms with E-state index in [0.29, 0.717) is 10.9 Å². The van der Waals surface area contributed by atoms with E-state index in [-0.39, 0.29) is 5.91 Å². The van der Waals surface area contributed by atoms with Crippen molar-refractivity contribution in [2.75, 3.05) is 23.4 Å². The number of nitrogens with zero attached hydrogens (tertiary/aromatic N) is 2. The molecular formula is C12H11N3OS2. The highest BCUT2D eigenvalue weighted by Crippen LogP contribution is 2.37. The Morgan fingerprint density at radius 3 is 3.00 bits per heavy atom. The van der Waals surface area contributed by atoms with Gasteiger partial charge in [0.2, 0.25) is 5.91 Å². The van der Waals surface area contributed by atoms with Crippen molar-refractivity contribution < 1.29 is 4.79 Å². The van der Waals surface area contributed by atoms with E-state index in [2.05, 4.69) is 4.98 Å². The van der Waals surface area contributed by atoms with E-state index >= 15 is 0 Å². The number of anilines is 2. The smallest absolute Gasteiger partial charge is 0.237 e. The monoisotopic (exact) mass is 277 g/mol. The second-order valence-corrected chi connectivity index (χ2v) is 5.90. The first-order chi connectivity index (χ1) is 8.65. The number of aromatic nitrogens is 1. The topological polar surface area (TPSA) is 59.2 Å². The van der Waals surface area contributed by atoms with Crippen LogP contribution >= 0.6 is 23.1 Å². The van der Waals surface area contributed by atoms with Gasteiger partial charge in [-0.1, -0.05) is 6.07 Å². The maximum absolute atomic E-state index is 11.7. The van der Waals surface area contributed by atoms with Crippen LogP contribution in [0.5, 0.6) is 0 Å². The molecule has 1 amide bonds. The number of hydrogen-bond acceptors (Lipinski definition) is 5. The minimum absolute atomic E-state index is 0.127. The summed E-state index contributed by atoms with van der Waals surface area (Å²) in [5.74, 6) is 0.634. The molecule has 1 aliphatic heterocycles. The Bertz CT molecular complexity index is 624. The molecule has 1 aromatic heterocycles. The second kappa shape index (κ2) is 4.29. The lowest BCUT2D eigenvalue weighted by Gasteiger charge is -2.25. The van der Waals surface area contributed by atoms with Crippen LogP contribution in [-0.2, 0) is 4.79 Å². The van der Waals surface area contributed by atoms with Crippen molar-refractivity contribution in [3.05, 3.63) is 23.6 Å². The highest BCUT2D eigenvalue weighted by atomic mass is 32.2. The van der Waals surface area contributed by atoms with E-state index in [1.807, 2.05) is 23.6 Å². The fourth-order valence-electron chi connectivity index (χ4n) is 1.85. The fraction of sp³-hybridized carbons (Fsp3) is 0.167. The number of amides is 1. The zero-order valence-electron chi connectivity index (χ0n) is 9.71. The summed E-state index contributed by atoms with van der Waals surface area (Å²) in [5.41, 5.74) is 8.43.